The molecule has 1 aliphatic carbocycles. The molecule has 0 atom stereocenters. The van der Waals surface area contributed by atoms with Gasteiger partial charge in [-0.2, -0.15) is 0 Å². The Morgan fingerprint density at radius 1 is 1.08 bits per heavy atom. The van der Waals surface area contributed by atoms with E-state index in [2.05, 4.69) is 16.4 Å². The summed E-state index contributed by atoms with van der Waals surface area (Å²) in [7, 11) is 0. The van der Waals surface area contributed by atoms with Gasteiger partial charge in [0.15, 0.2) is 5.78 Å². The van der Waals surface area contributed by atoms with Gasteiger partial charge in [0.25, 0.3) is 0 Å². The smallest absolute Gasteiger partial charge is 0.306 e. The van der Waals surface area contributed by atoms with Crippen LogP contribution in [-0.2, 0) is 4.79 Å². The summed E-state index contributed by atoms with van der Waals surface area (Å²) in [6.07, 6.45) is 6.89. The number of rotatable bonds is 5. The average molecular weight is 346 g/mol. The second-order valence-electron chi connectivity index (χ2n) is 7.76. The van der Waals surface area contributed by atoms with Gasteiger partial charge in [0.05, 0.1) is 12.5 Å². The highest BCUT2D eigenvalue weighted by atomic mass is 16.4. The Bertz CT molecular complexity index is 636. The number of piperidine rings is 1. The Balaban J connectivity index is 1.70. The van der Waals surface area contributed by atoms with E-state index in [1.165, 1.54) is 19.3 Å². The number of carbonyl (C=O) groups excluding carboxylic acids is 1. The minimum absolute atomic E-state index is 0.201. The highest BCUT2D eigenvalue weighted by Gasteiger charge is 2.29. The Morgan fingerprint density at radius 3 is 2.32 bits per heavy atom. The fraction of sp³-hybridized carbons (Fsp3) is 0.700. The van der Waals surface area contributed by atoms with Gasteiger partial charge < -0.3 is 9.67 Å². The molecule has 1 saturated heterocycles. The van der Waals surface area contributed by atoms with E-state index >= 15 is 0 Å². The summed E-state index contributed by atoms with van der Waals surface area (Å²) in [6.45, 7) is 6.69. The molecule has 25 heavy (non-hydrogen) atoms. The highest BCUT2D eigenvalue weighted by molar-refractivity contribution is 5.99. The van der Waals surface area contributed by atoms with Crippen molar-refractivity contribution in [1.82, 2.24) is 9.47 Å². The number of ketones is 1. The van der Waals surface area contributed by atoms with Crippen molar-refractivity contribution in [2.75, 3.05) is 19.6 Å². The van der Waals surface area contributed by atoms with Crippen molar-refractivity contribution in [3.63, 3.8) is 0 Å². The van der Waals surface area contributed by atoms with Gasteiger partial charge in [-0.3, -0.25) is 14.5 Å². The van der Waals surface area contributed by atoms with Crippen LogP contribution in [0.5, 0.6) is 0 Å². The van der Waals surface area contributed by atoms with Crippen molar-refractivity contribution in [2.45, 2.75) is 64.8 Å². The predicted octanol–water partition coefficient (Wildman–Crippen LogP) is 3.59. The lowest BCUT2D eigenvalue weighted by Gasteiger charge is -2.29. The maximum Gasteiger partial charge on any atom is 0.306 e. The highest BCUT2D eigenvalue weighted by Crippen LogP contribution is 2.35. The van der Waals surface area contributed by atoms with Gasteiger partial charge in [-0.1, -0.05) is 6.42 Å². The van der Waals surface area contributed by atoms with Crippen molar-refractivity contribution in [2.24, 2.45) is 5.92 Å². The summed E-state index contributed by atoms with van der Waals surface area (Å²) in [5, 5.41) is 9.18. The number of Topliss-reactive ketones (excluding diaryl/α,β-unsaturated/α-hetero) is 1. The third-order valence-electron chi connectivity index (χ3n) is 6.01. The lowest BCUT2D eigenvalue weighted by Crippen LogP contribution is -2.34. The van der Waals surface area contributed by atoms with E-state index in [9.17, 15) is 14.7 Å². The number of likely N-dealkylation sites (tertiary alicyclic amines) is 1. The van der Waals surface area contributed by atoms with Crippen LogP contribution in [0, 0.1) is 19.8 Å². The third kappa shape index (κ3) is 3.97. The summed E-state index contributed by atoms with van der Waals surface area (Å²) in [4.78, 5) is 26.2. The maximum atomic E-state index is 12.8. The molecule has 0 unspecified atom stereocenters. The molecule has 1 aromatic heterocycles. The molecule has 2 fully saturated rings. The summed E-state index contributed by atoms with van der Waals surface area (Å²) in [6, 6.07) is 2.36. The number of carboxylic acid groups (broad SMARTS) is 1. The number of aryl methyl sites for hydroxylation is 1. The molecule has 3 rings (SSSR count). The molecule has 0 amide bonds. The third-order valence-corrected chi connectivity index (χ3v) is 6.01. The lowest BCUT2D eigenvalue weighted by atomic mass is 9.86. The quantitative estimate of drug-likeness (QED) is 0.828. The first-order valence-corrected chi connectivity index (χ1v) is 9.64. The SMILES string of the molecule is Cc1cc(C(=O)CN2CCCCC2)c(C)n1[C@H]1CC[C@H](C(=O)O)CC1. The maximum absolute atomic E-state index is 12.8. The molecule has 0 bridgehead atoms. The van der Waals surface area contributed by atoms with Crippen molar-refractivity contribution in [3.8, 4) is 0 Å². The van der Waals surface area contributed by atoms with Crippen molar-refractivity contribution in [3.05, 3.63) is 23.0 Å². The molecule has 1 aromatic rings. The summed E-state index contributed by atoms with van der Waals surface area (Å²) < 4.78 is 2.28. The molecule has 1 saturated carbocycles. The monoisotopic (exact) mass is 346 g/mol. The molecular formula is C20H30N2O3. The first-order valence-electron chi connectivity index (χ1n) is 9.64. The van der Waals surface area contributed by atoms with Crippen LogP contribution in [0.4, 0.5) is 0 Å². The van der Waals surface area contributed by atoms with Crippen molar-refractivity contribution in [1.29, 1.82) is 0 Å². The largest absolute Gasteiger partial charge is 0.481 e. The molecule has 2 heterocycles. The van der Waals surface area contributed by atoms with Crippen LogP contribution in [0.15, 0.2) is 6.07 Å². The molecule has 2 aliphatic rings. The average Bonchev–Trinajstić information content (AvgIpc) is 2.90. The van der Waals surface area contributed by atoms with Crippen LogP contribution in [0.2, 0.25) is 0 Å². The molecule has 0 spiro atoms. The summed E-state index contributed by atoms with van der Waals surface area (Å²) >= 11 is 0. The topological polar surface area (TPSA) is 62.5 Å². The van der Waals surface area contributed by atoms with Crippen LogP contribution in [0.3, 0.4) is 0 Å². The molecule has 1 aliphatic heterocycles. The van der Waals surface area contributed by atoms with Crippen LogP contribution in [0.1, 0.15) is 72.7 Å². The Kier molecular flexibility index (Phi) is 5.62. The van der Waals surface area contributed by atoms with Gasteiger partial charge in [0, 0.05) is 23.0 Å². The minimum Gasteiger partial charge on any atom is -0.481 e. The molecular weight excluding hydrogens is 316 g/mol. The second-order valence-corrected chi connectivity index (χ2v) is 7.76. The van der Waals surface area contributed by atoms with E-state index < -0.39 is 5.97 Å². The van der Waals surface area contributed by atoms with E-state index in [0.29, 0.717) is 12.6 Å². The zero-order valence-corrected chi connectivity index (χ0v) is 15.5. The van der Waals surface area contributed by atoms with E-state index in [0.717, 1.165) is 55.7 Å². The number of aliphatic carboxylic acids is 1. The van der Waals surface area contributed by atoms with Crippen molar-refractivity contribution < 1.29 is 14.7 Å². The molecule has 5 heteroatoms. The van der Waals surface area contributed by atoms with E-state index in [4.69, 9.17) is 0 Å². The number of carboxylic acids is 1. The first kappa shape index (κ1) is 18.2. The molecule has 5 nitrogen and oxygen atoms in total. The van der Waals surface area contributed by atoms with Gasteiger partial charge in [-0.05, 0) is 71.5 Å². The van der Waals surface area contributed by atoms with Gasteiger partial charge in [0.2, 0.25) is 0 Å². The Hall–Kier alpha value is -1.62. The zero-order valence-electron chi connectivity index (χ0n) is 15.5. The molecule has 138 valence electrons. The molecule has 0 aromatic carbocycles. The Morgan fingerprint density at radius 2 is 1.72 bits per heavy atom. The summed E-state index contributed by atoms with van der Waals surface area (Å²) in [5.74, 6) is -0.648. The first-order chi connectivity index (χ1) is 12.0. The normalized spacial score (nSPS) is 25.0. The van der Waals surface area contributed by atoms with Gasteiger partial charge in [-0.25, -0.2) is 0 Å². The predicted molar refractivity (Wildman–Crippen MR) is 97.2 cm³/mol. The van der Waals surface area contributed by atoms with Gasteiger partial charge in [-0.15, -0.1) is 0 Å². The van der Waals surface area contributed by atoms with Crippen LogP contribution < -0.4 is 0 Å². The molecule has 1 N–H and O–H groups in total. The van der Waals surface area contributed by atoms with Gasteiger partial charge >= 0.3 is 5.97 Å². The number of hydrogen-bond acceptors (Lipinski definition) is 3. The van der Waals surface area contributed by atoms with E-state index in [1.54, 1.807) is 0 Å². The second kappa shape index (κ2) is 7.73. The van der Waals surface area contributed by atoms with Crippen LogP contribution >= 0.6 is 0 Å². The minimum atomic E-state index is -0.670. The standard InChI is InChI=1S/C20H30N2O3/c1-14-12-18(19(23)13-21-10-4-3-5-11-21)15(2)22(14)17-8-6-16(7-9-17)20(24)25/h12,16-17H,3-11,13H2,1-2H3,(H,24,25)/t16-,17-. The molecule has 0 radical (unpaired) electrons. The number of carbonyl (C=O) groups is 2. The van der Waals surface area contributed by atoms with Crippen LogP contribution in [0.25, 0.3) is 0 Å². The van der Waals surface area contributed by atoms with Crippen LogP contribution in [-0.4, -0.2) is 46.0 Å². The zero-order chi connectivity index (χ0) is 18.0. The van der Waals surface area contributed by atoms with Gasteiger partial charge in [0.1, 0.15) is 0 Å². The number of hydrogen-bond donors (Lipinski definition) is 1. The number of nitrogens with zero attached hydrogens (tertiary/aromatic N) is 2. The van der Waals surface area contributed by atoms with Crippen molar-refractivity contribution >= 4 is 11.8 Å². The fourth-order valence-corrected chi connectivity index (χ4v) is 4.61. The lowest BCUT2D eigenvalue weighted by molar-refractivity contribution is -0.143. The van der Waals surface area contributed by atoms with E-state index in [-0.39, 0.29) is 11.7 Å². The van der Waals surface area contributed by atoms with E-state index in [1.807, 2.05) is 13.0 Å². The Labute approximate surface area is 150 Å². The summed E-state index contributed by atoms with van der Waals surface area (Å²) in [5.41, 5.74) is 3.03. The fourth-order valence-electron chi connectivity index (χ4n) is 4.61. The number of aromatic nitrogens is 1.